The topological polar surface area (TPSA) is 74.8 Å². The normalized spacial score (nSPS) is 16.9. The summed E-state index contributed by atoms with van der Waals surface area (Å²) in [6.45, 7) is 0.371. The lowest BCUT2D eigenvalue weighted by atomic mass is 9.86. The zero-order valence-corrected chi connectivity index (χ0v) is 11.9. The van der Waals surface area contributed by atoms with E-state index >= 15 is 0 Å². The van der Waals surface area contributed by atoms with Gasteiger partial charge in [0.2, 0.25) is 5.91 Å². The van der Waals surface area contributed by atoms with Crippen molar-refractivity contribution in [3.8, 4) is 0 Å². The molecule has 1 unspecified atom stereocenters. The third kappa shape index (κ3) is 3.21. The number of hydrogen-bond donors (Lipinski definition) is 2. The quantitative estimate of drug-likeness (QED) is 0.898. The number of aromatic amines is 1. The molecule has 1 atom stereocenters. The summed E-state index contributed by atoms with van der Waals surface area (Å²) in [6.07, 6.45) is 1.92. The van der Waals surface area contributed by atoms with Crippen LogP contribution in [0.4, 0.5) is 4.39 Å². The Bertz CT molecular complexity index is 740. The molecule has 114 valence electrons. The molecule has 1 aromatic heterocycles. The predicted molar refractivity (Wildman–Crippen MR) is 78.6 cm³/mol. The number of carbonyl (C=O) groups excluding carboxylic acids is 1. The van der Waals surface area contributed by atoms with Gasteiger partial charge in [0.1, 0.15) is 5.82 Å². The highest BCUT2D eigenvalue weighted by Crippen LogP contribution is 2.22. The maximum absolute atomic E-state index is 12.8. The van der Waals surface area contributed by atoms with Crippen LogP contribution in [-0.4, -0.2) is 16.1 Å². The Kier molecular flexibility index (Phi) is 4.00. The first kappa shape index (κ1) is 14.4. The zero-order valence-electron chi connectivity index (χ0n) is 11.9. The fourth-order valence-electron chi connectivity index (χ4n) is 2.70. The molecule has 0 saturated heterocycles. The number of benzene rings is 1. The molecule has 1 aliphatic rings. The molecule has 1 heterocycles. The van der Waals surface area contributed by atoms with Crippen molar-refractivity contribution in [2.24, 2.45) is 5.92 Å². The number of hydrogen-bond acceptors (Lipinski definition) is 3. The molecule has 0 aliphatic heterocycles. The SMILES string of the molecule is O=C(NCc1ccc(F)cc1)C1CCc2n[nH]c(=O)cc2C1. The minimum Gasteiger partial charge on any atom is -0.352 e. The minimum atomic E-state index is -0.295. The molecule has 1 aromatic carbocycles. The van der Waals surface area contributed by atoms with E-state index in [-0.39, 0.29) is 23.2 Å². The molecule has 6 heteroatoms. The summed E-state index contributed by atoms with van der Waals surface area (Å²) in [7, 11) is 0. The number of nitrogens with zero attached hydrogens (tertiary/aromatic N) is 1. The molecular weight excluding hydrogens is 285 g/mol. The molecule has 1 amide bonds. The van der Waals surface area contributed by atoms with Gasteiger partial charge in [0, 0.05) is 18.5 Å². The van der Waals surface area contributed by atoms with Crippen molar-refractivity contribution in [2.45, 2.75) is 25.8 Å². The standard InChI is InChI=1S/C16H16FN3O2/c17-13-4-1-10(2-5-13)9-18-16(22)11-3-6-14-12(7-11)8-15(21)20-19-14/h1-2,4-5,8,11H,3,6-7,9H2,(H,18,22)(H,20,21). The van der Waals surface area contributed by atoms with Crippen molar-refractivity contribution in [1.29, 1.82) is 0 Å². The van der Waals surface area contributed by atoms with Gasteiger partial charge in [0.15, 0.2) is 0 Å². The molecule has 22 heavy (non-hydrogen) atoms. The van der Waals surface area contributed by atoms with E-state index in [1.807, 2.05) is 0 Å². The smallest absolute Gasteiger partial charge is 0.264 e. The molecule has 2 N–H and O–H groups in total. The van der Waals surface area contributed by atoms with Crippen LogP contribution in [0, 0.1) is 11.7 Å². The fourth-order valence-corrected chi connectivity index (χ4v) is 2.70. The van der Waals surface area contributed by atoms with E-state index in [1.165, 1.54) is 18.2 Å². The highest BCUT2D eigenvalue weighted by Gasteiger charge is 2.25. The van der Waals surface area contributed by atoms with Crippen molar-refractivity contribution < 1.29 is 9.18 Å². The van der Waals surface area contributed by atoms with Gasteiger partial charge in [-0.2, -0.15) is 5.10 Å². The van der Waals surface area contributed by atoms with E-state index in [1.54, 1.807) is 12.1 Å². The van der Waals surface area contributed by atoms with E-state index in [9.17, 15) is 14.0 Å². The summed E-state index contributed by atoms with van der Waals surface area (Å²) in [5.74, 6) is -0.497. The lowest BCUT2D eigenvalue weighted by Crippen LogP contribution is -2.34. The van der Waals surface area contributed by atoms with Gasteiger partial charge < -0.3 is 5.32 Å². The lowest BCUT2D eigenvalue weighted by Gasteiger charge is -2.22. The molecular formula is C16H16FN3O2. The molecule has 3 rings (SSSR count). The van der Waals surface area contributed by atoms with Crippen LogP contribution in [0.25, 0.3) is 0 Å². The largest absolute Gasteiger partial charge is 0.352 e. The predicted octanol–water partition coefficient (Wildman–Crippen LogP) is 1.33. The summed E-state index contributed by atoms with van der Waals surface area (Å²) in [5, 5.41) is 9.29. The number of nitrogens with one attached hydrogen (secondary N) is 2. The van der Waals surface area contributed by atoms with Crippen LogP contribution >= 0.6 is 0 Å². The van der Waals surface area contributed by atoms with Crippen molar-refractivity contribution in [3.05, 3.63) is 63.3 Å². The highest BCUT2D eigenvalue weighted by atomic mass is 19.1. The van der Waals surface area contributed by atoms with E-state index in [0.717, 1.165) is 16.8 Å². The maximum Gasteiger partial charge on any atom is 0.264 e. The monoisotopic (exact) mass is 301 g/mol. The van der Waals surface area contributed by atoms with Gasteiger partial charge in [-0.05, 0) is 42.5 Å². The molecule has 0 fully saturated rings. The van der Waals surface area contributed by atoms with Crippen molar-refractivity contribution >= 4 is 5.91 Å². The number of fused-ring (bicyclic) bond motifs is 1. The van der Waals surface area contributed by atoms with Crippen LogP contribution in [0.3, 0.4) is 0 Å². The Morgan fingerprint density at radius 3 is 2.91 bits per heavy atom. The maximum atomic E-state index is 12.8. The second-order valence-electron chi connectivity index (χ2n) is 5.49. The summed E-state index contributed by atoms with van der Waals surface area (Å²) < 4.78 is 12.8. The van der Waals surface area contributed by atoms with E-state index in [0.29, 0.717) is 25.8 Å². The summed E-state index contributed by atoms with van der Waals surface area (Å²) >= 11 is 0. The van der Waals surface area contributed by atoms with Crippen molar-refractivity contribution in [2.75, 3.05) is 0 Å². The Labute approximate surface area is 126 Å². The number of carbonyl (C=O) groups is 1. The first-order valence-electron chi connectivity index (χ1n) is 7.21. The molecule has 1 aliphatic carbocycles. The molecule has 5 nitrogen and oxygen atoms in total. The van der Waals surface area contributed by atoms with Crippen LogP contribution in [-0.2, 0) is 24.2 Å². The van der Waals surface area contributed by atoms with E-state index in [2.05, 4.69) is 15.5 Å². The summed E-state index contributed by atoms with van der Waals surface area (Å²) in [5.41, 5.74) is 2.31. The van der Waals surface area contributed by atoms with Crippen LogP contribution in [0.1, 0.15) is 23.2 Å². The van der Waals surface area contributed by atoms with Gasteiger partial charge in [-0.25, -0.2) is 9.49 Å². The Morgan fingerprint density at radius 2 is 2.14 bits per heavy atom. The van der Waals surface area contributed by atoms with Gasteiger partial charge in [0.25, 0.3) is 5.56 Å². The lowest BCUT2D eigenvalue weighted by molar-refractivity contribution is -0.125. The van der Waals surface area contributed by atoms with E-state index < -0.39 is 0 Å². The third-order valence-corrected chi connectivity index (χ3v) is 3.92. The first-order chi connectivity index (χ1) is 10.6. The summed E-state index contributed by atoms with van der Waals surface area (Å²) in [4.78, 5) is 23.5. The van der Waals surface area contributed by atoms with Crippen LogP contribution in [0.5, 0.6) is 0 Å². The van der Waals surface area contributed by atoms with Crippen molar-refractivity contribution in [1.82, 2.24) is 15.5 Å². The van der Waals surface area contributed by atoms with Crippen molar-refractivity contribution in [3.63, 3.8) is 0 Å². The average Bonchev–Trinajstić information content (AvgIpc) is 2.53. The number of aryl methyl sites for hydroxylation is 1. The third-order valence-electron chi connectivity index (χ3n) is 3.92. The highest BCUT2D eigenvalue weighted by molar-refractivity contribution is 5.79. The second-order valence-corrected chi connectivity index (χ2v) is 5.49. The molecule has 0 bridgehead atoms. The van der Waals surface area contributed by atoms with Crippen LogP contribution in [0.2, 0.25) is 0 Å². The number of H-pyrrole nitrogens is 1. The molecule has 0 spiro atoms. The Morgan fingerprint density at radius 1 is 1.36 bits per heavy atom. The van der Waals surface area contributed by atoms with Gasteiger partial charge >= 0.3 is 0 Å². The Balaban J connectivity index is 1.61. The number of halogens is 1. The minimum absolute atomic E-state index is 0.0461. The second kappa shape index (κ2) is 6.09. The molecule has 0 saturated carbocycles. The number of rotatable bonds is 3. The molecule has 2 aromatic rings. The summed E-state index contributed by atoms with van der Waals surface area (Å²) in [6, 6.07) is 7.55. The van der Waals surface area contributed by atoms with Crippen LogP contribution in [0.15, 0.2) is 35.1 Å². The number of aromatic nitrogens is 2. The Hall–Kier alpha value is -2.50. The van der Waals surface area contributed by atoms with Crippen LogP contribution < -0.4 is 10.9 Å². The average molecular weight is 301 g/mol. The molecule has 0 radical (unpaired) electrons. The first-order valence-corrected chi connectivity index (χ1v) is 7.21. The zero-order chi connectivity index (χ0) is 15.5. The fraction of sp³-hybridized carbons (Fsp3) is 0.312. The van der Waals surface area contributed by atoms with Gasteiger partial charge in [-0.3, -0.25) is 9.59 Å². The van der Waals surface area contributed by atoms with Gasteiger partial charge in [-0.1, -0.05) is 12.1 Å². The number of amides is 1. The van der Waals surface area contributed by atoms with E-state index in [4.69, 9.17) is 0 Å². The van der Waals surface area contributed by atoms with Gasteiger partial charge in [0.05, 0.1) is 5.69 Å². The van der Waals surface area contributed by atoms with Gasteiger partial charge in [-0.15, -0.1) is 0 Å².